The van der Waals surface area contributed by atoms with Gasteiger partial charge in [-0.1, -0.05) is 38.6 Å². The zero-order valence-electron chi connectivity index (χ0n) is 18.8. The molecule has 0 spiro atoms. The summed E-state index contributed by atoms with van der Waals surface area (Å²) in [5.41, 5.74) is 10.0. The first-order valence-corrected chi connectivity index (χ1v) is 11.7. The maximum Gasteiger partial charge on any atom is 0.416 e. The maximum absolute atomic E-state index is 13.2. The third kappa shape index (κ3) is 5.84. The van der Waals surface area contributed by atoms with Gasteiger partial charge in [-0.05, 0) is 76.6 Å². The third-order valence-electron chi connectivity index (χ3n) is 5.81. The molecule has 176 valence electrons. The van der Waals surface area contributed by atoms with Gasteiger partial charge in [-0.2, -0.15) is 13.2 Å². The van der Waals surface area contributed by atoms with Crippen molar-refractivity contribution in [2.45, 2.75) is 58.2 Å². The Balaban J connectivity index is 1.82. The largest absolute Gasteiger partial charge is 0.481 e. The molecule has 0 aliphatic rings. The number of benzene rings is 2. The topological polar surface area (TPSA) is 63.3 Å². The molecule has 3 rings (SSSR count). The summed E-state index contributed by atoms with van der Waals surface area (Å²) in [6, 6.07) is 9.79. The molecule has 0 fully saturated rings. The van der Waals surface area contributed by atoms with Crippen LogP contribution < -0.4 is 5.73 Å². The summed E-state index contributed by atoms with van der Waals surface area (Å²) >= 11 is 1.42. The van der Waals surface area contributed by atoms with E-state index in [-0.39, 0.29) is 12.3 Å². The molecule has 2 aromatic carbocycles. The van der Waals surface area contributed by atoms with E-state index in [0.29, 0.717) is 30.5 Å². The van der Waals surface area contributed by atoms with Crippen molar-refractivity contribution in [3.8, 4) is 0 Å². The SMILES string of the molecule is C=C(CCc1sc2cc(C(F)(F)F)ccc2c1C(C)C)c1ccc(CCC(=O)O)c(CN)c1. The van der Waals surface area contributed by atoms with Gasteiger partial charge in [-0.3, -0.25) is 4.79 Å². The minimum absolute atomic E-state index is 0.0489. The van der Waals surface area contributed by atoms with Crippen LogP contribution in [0.15, 0.2) is 43.0 Å². The molecule has 7 heteroatoms. The molecule has 0 bridgehead atoms. The van der Waals surface area contributed by atoms with Crippen LogP contribution in [-0.2, 0) is 30.4 Å². The summed E-state index contributed by atoms with van der Waals surface area (Å²) in [5.74, 6) is -0.658. The molecule has 0 aliphatic carbocycles. The zero-order chi connectivity index (χ0) is 24.3. The van der Waals surface area contributed by atoms with Crippen LogP contribution in [0.4, 0.5) is 13.2 Å². The van der Waals surface area contributed by atoms with Gasteiger partial charge in [0.15, 0.2) is 0 Å². The lowest BCUT2D eigenvalue weighted by Gasteiger charge is -2.13. The predicted molar refractivity (Wildman–Crippen MR) is 129 cm³/mol. The van der Waals surface area contributed by atoms with E-state index in [0.717, 1.165) is 44.2 Å². The molecule has 0 saturated carbocycles. The number of nitrogens with two attached hydrogens (primary N) is 1. The van der Waals surface area contributed by atoms with Gasteiger partial charge in [0.2, 0.25) is 0 Å². The fourth-order valence-corrected chi connectivity index (χ4v) is 5.49. The summed E-state index contributed by atoms with van der Waals surface area (Å²) in [6.07, 6.45) is -2.54. The number of aliphatic carboxylic acids is 1. The molecular formula is C26H28F3NO2S. The summed E-state index contributed by atoms with van der Waals surface area (Å²) in [5, 5.41) is 9.81. The van der Waals surface area contributed by atoms with Gasteiger partial charge in [0.05, 0.1) is 5.56 Å². The Bertz CT molecular complexity index is 1180. The van der Waals surface area contributed by atoms with Crippen molar-refractivity contribution in [3.63, 3.8) is 0 Å². The summed E-state index contributed by atoms with van der Waals surface area (Å²) < 4.78 is 40.1. The molecular weight excluding hydrogens is 447 g/mol. The van der Waals surface area contributed by atoms with E-state index < -0.39 is 17.7 Å². The number of carboxylic acids is 1. The van der Waals surface area contributed by atoms with Crippen molar-refractivity contribution in [2.24, 2.45) is 5.73 Å². The van der Waals surface area contributed by atoms with Gasteiger partial charge in [0, 0.05) is 22.5 Å². The Kier molecular flexibility index (Phi) is 7.65. The second kappa shape index (κ2) is 10.1. The number of hydrogen-bond acceptors (Lipinski definition) is 3. The molecule has 0 unspecified atom stereocenters. The Labute approximate surface area is 195 Å². The van der Waals surface area contributed by atoms with Crippen LogP contribution >= 0.6 is 11.3 Å². The van der Waals surface area contributed by atoms with Gasteiger partial charge in [0.1, 0.15) is 0 Å². The average molecular weight is 476 g/mol. The fourth-order valence-electron chi connectivity index (χ4n) is 4.09. The lowest BCUT2D eigenvalue weighted by molar-refractivity contribution is -0.138. The second-order valence-corrected chi connectivity index (χ2v) is 9.62. The van der Waals surface area contributed by atoms with Gasteiger partial charge in [0.25, 0.3) is 0 Å². The molecule has 3 N–H and O–H groups in total. The first kappa shape index (κ1) is 25.0. The van der Waals surface area contributed by atoms with E-state index >= 15 is 0 Å². The van der Waals surface area contributed by atoms with Crippen LogP contribution in [0.3, 0.4) is 0 Å². The van der Waals surface area contributed by atoms with Crippen LogP contribution in [0.5, 0.6) is 0 Å². The number of halogens is 3. The Hall–Kier alpha value is -2.64. The second-order valence-electron chi connectivity index (χ2n) is 8.49. The van der Waals surface area contributed by atoms with Crippen LogP contribution in [0.1, 0.15) is 65.3 Å². The Morgan fingerprint density at radius 2 is 1.82 bits per heavy atom. The molecule has 0 amide bonds. The smallest absolute Gasteiger partial charge is 0.416 e. The number of hydrogen-bond donors (Lipinski definition) is 2. The standard InChI is InChI=1S/C26H28F3NO2S/c1-15(2)25-21-9-8-20(26(27,28)29)13-23(21)33-22(25)10-4-16(3)18-6-5-17(7-11-24(31)32)19(12-18)14-30/h5-6,8-9,12-13,15H,3-4,7,10-11,14,30H2,1-2H3,(H,31,32). The van der Waals surface area contributed by atoms with E-state index in [4.69, 9.17) is 10.8 Å². The highest BCUT2D eigenvalue weighted by molar-refractivity contribution is 7.19. The summed E-state index contributed by atoms with van der Waals surface area (Å²) in [4.78, 5) is 12.0. The number of fused-ring (bicyclic) bond motifs is 1. The number of rotatable bonds is 9. The van der Waals surface area contributed by atoms with Crippen molar-refractivity contribution in [1.29, 1.82) is 0 Å². The first-order valence-electron chi connectivity index (χ1n) is 10.9. The van der Waals surface area contributed by atoms with E-state index in [9.17, 15) is 18.0 Å². The Morgan fingerprint density at radius 1 is 1.09 bits per heavy atom. The average Bonchev–Trinajstić information content (AvgIpc) is 3.13. The molecule has 0 saturated heterocycles. The fraction of sp³-hybridized carbons (Fsp3) is 0.346. The van der Waals surface area contributed by atoms with Crippen LogP contribution in [-0.4, -0.2) is 11.1 Å². The predicted octanol–water partition coefficient (Wildman–Crippen LogP) is 7.17. The minimum atomic E-state index is -4.36. The van der Waals surface area contributed by atoms with Gasteiger partial charge in [-0.25, -0.2) is 0 Å². The maximum atomic E-state index is 13.2. The zero-order valence-corrected chi connectivity index (χ0v) is 19.6. The lowest BCUT2D eigenvalue weighted by atomic mass is 9.93. The summed E-state index contributed by atoms with van der Waals surface area (Å²) in [6.45, 7) is 8.64. The van der Waals surface area contributed by atoms with Gasteiger partial charge in [-0.15, -0.1) is 11.3 Å². The monoisotopic (exact) mass is 475 g/mol. The number of alkyl halides is 3. The van der Waals surface area contributed by atoms with Gasteiger partial charge >= 0.3 is 12.1 Å². The number of carbonyl (C=O) groups is 1. The molecule has 0 atom stereocenters. The van der Waals surface area contributed by atoms with E-state index in [1.54, 1.807) is 6.07 Å². The third-order valence-corrected chi connectivity index (χ3v) is 7.03. The molecule has 33 heavy (non-hydrogen) atoms. The van der Waals surface area contributed by atoms with Crippen molar-refractivity contribution < 1.29 is 23.1 Å². The number of carboxylic acid groups (broad SMARTS) is 1. The summed E-state index contributed by atoms with van der Waals surface area (Å²) in [7, 11) is 0. The van der Waals surface area contributed by atoms with Crippen molar-refractivity contribution >= 4 is 33.0 Å². The van der Waals surface area contributed by atoms with Crippen LogP contribution in [0, 0.1) is 0 Å². The molecule has 3 aromatic rings. The highest BCUT2D eigenvalue weighted by Crippen LogP contribution is 2.40. The van der Waals surface area contributed by atoms with E-state index in [1.165, 1.54) is 17.4 Å². The molecule has 1 aromatic heterocycles. The molecule has 1 heterocycles. The van der Waals surface area contributed by atoms with Crippen molar-refractivity contribution in [1.82, 2.24) is 0 Å². The number of aryl methyl sites for hydroxylation is 2. The van der Waals surface area contributed by atoms with Gasteiger partial charge < -0.3 is 10.8 Å². The molecule has 0 aliphatic heterocycles. The van der Waals surface area contributed by atoms with E-state index in [2.05, 4.69) is 20.4 Å². The lowest BCUT2D eigenvalue weighted by Crippen LogP contribution is -2.05. The Morgan fingerprint density at radius 3 is 2.42 bits per heavy atom. The minimum Gasteiger partial charge on any atom is -0.481 e. The van der Waals surface area contributed by atoms with Crippen molar-refractivity contribution in [3.05, 3.63) is 75.7 Å². The highest BCUT2D eigenvalue weighted by atomic mass is 32.1. The molecule has 0 radical (unpaired) electrons. The quantitative estimate of drug-likeness (QED) is 0.345. The highest BCUT2D eigenvalue weighted by Gasteiger charge is 2.31. The molecule has 3 nitrogen and oxygen atoms in total. The first-order chi connectivity index (χ1) is 15.5. The normalized spacial score (nSPS) is 12.0. The van der Waals surface area contributed by atoms with Crippen LogP contribution in [0.2, 0.25) is 0 Å². The van der Waals surface area contributed by atoms with Crippen molar-refractivity contribution in [2.75, 3.05) is 0 Å². The number of thiophene rings is 1. The van der Waals surface area contributed by atoms with Crippen LogP contribution in [0.25, 0.3) is 15.7 Å². The number of allylic oxidation sites excluding steroid dienone is 1. The van der Waals surface area contributed by atoms with E-state index in [1.807, 2.05) is 18.2 Å².